The van der Waals surface area contributed by atoms with Gasteiger partial charge in [-0.3, -0.25) is 4.79 Å². The monoisotopic (exact) mass is 564 g/mol. The highest BCUT2D eigenvalue weighted by molar-refractivity contribution is 6.01. The molecule has 0 aliphatic carbocycles. The third-order valence-electron chi connectivity index (χ3n) is 7.28. The van der Waals surface area contributed by atoms with Crippen LogP contribution in [0, 0.1) is 0 Å². The molecular weight excluding hydrogens is 528 g/mol. The van der Waals surface area contributed by atoms with Gasteiger partial charge in [-0.1, -0.05) is 72.8 Å². The van der Waals surface area contributed by atoms with Crippen molar-refractivity contribution in [2.45, 2.75) is 30.9 Å². The summed E-state index contributed by atoms with van der Waals surface area (Å²) >= 11 is 0. The number of carbonyl (C=O) groups excluding carboxylic acids is 1. The first-order chi connectivity index (χ1) is 20.6. The first kappa shape index (κ1) is 28.9. The fourth-order valence-corrected chi connectivity index (χ4v) is 5.11. The van der Waals surface area contributed by atoms with E-state index in [2.05, 4.69) is 17.4 Å². The van der Waals surface area contributed by atoms with E-state index < -0.39 is 11.6 Å². The van der Waals surface area contributed by atoms with Crippen molar-refractivity contribution in [1.82, 2.24) is 5.32 Å². The number of aliphatic imine (C=N–C) groups is 1. The van der Waals surface area contributed by atoms with Gasteiger partial charge >= 0.3 is 0 Å². The first-order valence-electron chi connectivity index (χ1n) is 14.2. The average molecular weight is 565 g/mol. The first-order valence-corrected chi connectivity index (χ1v) is 14.2. The molecule has 4 aromatic rings. The fraction of sp³-hybridized carbons (Fsp3) is 0.257. The lowest BCUT2D eigenvalue weighted by atomic mass is 9.82. The number of aliphatic hydroxyl groups excluding tert-OH is 1. The summed E-state index contributed by atoms with van der Waals surface area (Å²) in [4.78, 5) is 19.4. The van der Waals surface area contributed by atoms with Crippen LogP contribution in [0.5, 0.6) is 11.5 Å². The molecule has 5 rings (SSSR count). The Hall–Kier alpha value is -4.62. The zero-order valence-corrected chi connectivity index (χ0v) is 23.7. The van der Waals surface area contributed by atoms with E-state index in [-0.39, 0.29) is 12.5 Å². The van der Waals surface area contributed by atoms with Crippen LogP contribution in [-0.2, 0) is 22.4 Å². The molecule has 0 spiro atoms. The number of hydrogen-bond donors (Lipinski definition) is 2. The van der Waals surface area contributed by atoms with E-state index in [4.69, 9.17) is 24.3 Å². The van der Waals surface area contributed by atoms with Crippen LogP contribution in [-0.4, -0.2) is 49.3 Å². The summed E-state index contributed by atoms with van der Waals surface area (Å²) in [5, 5.41) is 12.2. The summed E-state index contributed by atoms with van der Waals surface area (Å²) in [7, 11) is 1.62. The van der Waals surface area contributed by atoms with Crippen LogP contribution >= 0.6 is 0 Å². The molecule has 7 heteroatoms. The molecule has 7 nitrogen and oxygen atoms in total. The number of amides is 1. The van der Waals surface area contributed by atoms with E-state index in [1.54, 1.807) is 7.11 Å². The highest BCUT2D eigenvalue weighted by Crippen LogP contribution is 2.43. The minimum atomic E-state index is -1.27. The second-order valence-electron chi connectivity index (χ2n) is 10.2. The molecule has 2 atom stereocenters. The zero-order chi connectivity index (χ0) is 29.2. The third-order valence-corrected chi connectivity index (χ3v) is 7.28. The maximum absolute atomic E-state index is 14.3. The number of nitrogens with one attached hydrogen (secondary N) is 1. The maximum Gasteiger partial charge on any atom is 0.252 e. The highest BCUT2D eigenvalue weighted by atomic mass is 16.5. The van der Waals surface area contributed by atoms with E-state index in [1.807, 2.05) is 97.1 Å². The van der Waals surface area contributed by atoms with Gasteiger partial charge in [0, 0.05) is 31.6 Å². The molecule has 2 N–H and O–H groups in total. The molecule has 0 radical (unpaired) electrons. The van der Waals surface area contributed by atoms with Crippen LogP contribution in [0.3, 0.4) is 0 Å². The molecule has 0 saturated carbocycles. The summed E-state index contributed by atoms with van der Waals surface area (Å²) in [6.07, 6.45) is 0.910. The van der Waals surface area contributed by atoms with Gasteiger partial charge in [0.1, 0.15) is 11.5 Å². The lowest BCUT2D eigenvalue weighted by Crippen LogP contribution is -2.50. The second-order valence-corrected chi connectivity index (χ2v) is 10.2. The Morgan fingerprint density at radius 3 is 2.31 bits per heavy atom. The molecule has 1 aliphatic heterocycles. The van der Waals surface area contributed by atoms with Crippen LogP contribution < -0.4 is 14.8 Å². The minimum absolute atomic E-state index is 0.0747. The molecule has 42 heavy (non-hydrogen) atoms. The minimum Gasteiger partial charge on any atom is -0.497 e. The number of aliphatic hydroxyl groups is 1. The molecule has 1 heterocycles. The molecular formula is C35H36N2O5. The fourth-order valence-electron chi connectivity index (χ4n) is 5.11. The van der Waals surface area contributed by atoms with Gasteiger partial charge in [-0.15, -0.1) is 0 Å². The topological polar surface area (TPSA) is 89.4 Å². The predicted molar refractivity (Wildman–Crippen MR) is 163 cm³/mol. The van der Waals surface area contributed by atoms with Crippen LogP contribution in [0.1, 0.15) is 34.8 Å². The molecule has 0 aromatic heterocycles. The number of methoxy groups -OCH3 is 1. The molecule has 0 unspecified atom stereocenters. The van der Waals surface area contributed by atoms with E-state index in [0.29, 0.717) is 49.8 Å². The van der Waals surface area contributed by atoms with E-state index in [9.17, 15) is 4.79 Å². The summed E-state index contributed by atoms with van der Waals surface area (Å²) in [5.74, 6) is 1.55. The van der Waals surface area contributed by atoms with Crippen molar-refractivity contribution in [3.8, 4) is 11.5 Å². The second kappa shape index (κ2) is 13.8. The Bertz CT molecular complexity index is 1470. The zero-order valence-electron chi connectivity index (χ0n) is 23.7. The quantitative estimate of drug-likeness (QED) is 0.215. The Labute approximate surface area is 246 Å². The number of benzene rings is 4. The molecule has 1 amide bonds. The Balaban J connectivity index is 1.51. The number of nitrogens with zero attached hydrogens (tertiary/aromatic N) is 1. The summed E-state index contributed by atoms with van der Waals surface area (Å²) in [5.41, 5.74) is 2.39. The van der Waals surface area contributed by atoms with Crippen molar-refractivity contribution in [2.24, 2.45) is 4.99 Å². The van der Waals surface area contributed by atoms with E-state index >= 15 is 0 Å². The normalized spacial score (nSPS) is 17.7. The van der Waals surface area contributed by atoms with Crippen LogP contribution in [0.4, 0.5) is 0 Å². The predicted octanol–water partition coefficient (Wildman–Crippen LogP) is 5.31. The molecule has 0 bridgehead atoms. The smallest absolute Gasteiger partial charge is 0.252 e. The third kappa shape index (κ3) is 6.81. The SMILES string of the molecule is COc1cccc([C@H]2OC(c3ccc(OCCCO)cc3)=N[C@@]2(Cc2ccccc2)C(=O)NCCc2ccccc2)c1. The summed E-state index contributed by atoms with van der Waals surface area (Å²) < 4.78 is 17.8. The molecule has 1 aliphatic rings. The average Bonchev–Trinajstić information content (AvgIpc) is 3.43. The van der Waals surface area contributed by atoms with Crippen molar-refractivity contribution in [3.05, 3.63) is 131 Å². The maximum atomic E-state index is 14.3. The van der Waals surface area contributed by atoms with Crippen molar-refractivity contribution in [1.29, 1.82) is 0 Å². The van der Waals surface area contributed by atoms with Gasteiger partial charge in [0.15, 0.2) is 11.6 Å². The van der Waals surface area contributed by atoms with Crippen molar-refractivity contribution < 1.29 is 24.1 Å². The van der Waals surface area contributed by atoms with Crippen LogP contribution in [0.2, 0.25) is 0 Å². The van der Waals surface area contributed by atoms with Crippen LogP contribution in [0.25, 0.3) is 0 Å². The Morgan fingerprint density at radius 2 is 1.62 bits per heavy atom. The summed E-state index contributed by atoms with van der Waals surface area (Å²) in [6, 6.07) is 35.0. The Kier molecular flexibility index (Phi) is 9.51. The van der Waals surface area contributed by atoms with E-state index in [1.165, 1.54) is 0 Å². The van der Waals surface area contributed by atoms with Crippen molar-refractivity contribution in [3.63, 3.8) is 0 Å². The van der Waals surface area contributed by atoms with Gasteiger partial charge in [-0.25, -0.2) is 4.99 Å². The van der Waals surface area contributed by atoms with Gasteiger partial charge < -0.3 is 24.6 Å². The number of ether oxygens (including phenoxy) is 3. The molecule has 0 saturated heterocycles. The highest BCUT2D eigenvalue weighted by Gasteiger charge is 2.53. The number of carbonyl (C=O) groups is 1. The van der Waals surface area contributed by atoms with E-state index in [0.717, 1.165) is 22.3 Å². The molecule has 4 aromatic carbocycles. The standard InChI is InChI=1S/C35H36N2O5/c1-40-31-15-8-14-29(24-31)32-35(25-27-12-6-3-7-13-27,34(39)36-21-20-26-10-4-2-5-11-26)37-33(42-32)28-16-18-30(19-17-28)41-23-9-22-38/h2-8,10-19,24,32,38H,9,20-23,25H2,1H3,(H,36,39)/t32-,35-/m1/s1. The number of rotatable bonds is 13. The van der Waals surface area contributed by atoms with Gasteiger partial charge in [0.2, 0.25) is 5.90 Å². The van der Waals surface area contributed by atoms with Crippen LogP contribution in [0.15, 0.2) is 114 Å². The molecule has 0 fully saturated rings. The lowest BCUT2D eigenvalue weighted by molar-refractivity contribution is -0.128. The Morgan fingerprint density at radius 1 is 0.905 bits per heavy atom. The number of hydrogen-bond acceptors (Lipinski definition) is 6. The van der Waals surface area contributed by atoms with Crippen molar-refractivity contribution in [2.75, 3.05) is 26.9 Å². The van der Waals surface area contributed by atoms with Gasteiger partial charge in [0.25, 0.3) is 5.91 Å². The van der Waals surface area contributed by atoms with Gasteiger partial charge in [0.05, 0.1) is 13.7 Å². The molecule has 216 valence electrons. The van der Waals surface area contributed by atoms with Crippen molar-refractivity contribution >= 4 is 11.8 Å². The largest absolute Gasteiger partial charge is 0.497 e. The van der Waals surface area contributed by atoms with Gasteiger partial charge in [-0.05, 0) is 59.5 Å². The van der Waals surface area contributed by atoms with Gasteiger partial charge in [-0.2, -0.15) is 0 Å². The lowest BCUT2D eigenvalue weighted by Gasteiger charge is -2.31. The summed E-state index contributed by atoms with van der Waals surface area (Å²) in [6.45, 7) is 0.967.